The molecule has 0 aliphatic carbocycles. The summed E-state index contributed by atoms with van der Waals surface area (Å²) in [6.45, 7) is 0.169. The highest BCUT2D eigenvalue weighted by molar-refractivity contribution is 6.33. The van der Waals surface area contributed by atoms with Gasteiger partial charge in [-0.05, 0) is 30.3 Å². The average molecular weight is 401 g/mol. The van der Waals surface area contributed by atoms with Crippen molar-refractivity contribution in [3.05, 3.63) is 80.7 Å². The van der Waals surface area contributed by atoms with Crippen LogP contribution in [0.2, 0.25) is 10.0 Å². The van der Waals surface area contributed by atoms with Gasteiger partial charge in [0.25, 0.3) is 0 Å². The van der Waals surface area contributed by atoms with Crippen LogP contribution in [0.3, 0.4) is 0 Å². The van der Waals surface area contributed by atoms with E-state index in [0.29, 0.717) is 26.6 Å². The van der Waals surface area contributed by atoms with Crippen molar-refractivity contribution in [2.75, 3.05) is 0 Å². The zero-order chi connectivity index (χ0) is 19.0. The van der Waals surface area contributed by atoms with E-state index >= 15 is 0 Å². The summed E-state index contributed by atoms with van der Waals surface area (Å²) >= 11 is 12.4. The van der Waals surface area contributed by atoms with Crippen molar-refractivity contribution in [2.24, 2.45) is 7.05 Å². The molecule has 0 aliphatic rings. The van der Waals surface area contributed by atoms with Gasteiger partial charge >= 0.3 is 0 Å². The average Bonchev–Trinajstić information content (AvgIpc) is 3.07. The summed E-state index contributed by atoms with van der Waals surface area (Å²) in [5.74, 6) is 0.367. The van der Waals surface area contributed by atoms with E-state index in [1.165, 1.54) is 0 Å². The Balaban J connectivity index is 1.90. The lowest BCUT2D eigenvalue weighted by molar-refractivity contribution is 0.298. The van der Waals surface area contributed by atoms with Gasteiger partial charge in [0.05, 0.1) is 16.6 Å². The Morgan fingerprint density at radius 2 is 2.00 bits per heavy atom. The molecule has 0 radical (unpaired) electrons. The van der Waals surface area contributed by atoms with E-state index in [1.54, 1.807) is 47.3 Å². The summed E-state index contributed by atoms with van der Waals surface area (Å²) < 4.78 is 13.5. The fraction of sp³-hybridized carbons (Fsp3) is 0.100. The maximum Gasteiger partial charge on any atom is 0.235 e. The predicted octanol–water partition coefficient (Wildman–Crippen LogP) is 5.08. The quantitative estimate of drug-likeness (QED) is 0.479. The fourth-order valence-electron chi connectivity index (χ4n) is 2.81. The summed E-state index contributed by atoms with van der Waals surface area (Å²) in [5.41, 5.74) is 1.51. The topological polar surface area (TPSA) is 57.3 Å². The first-order chi connectivity index (χ1) is 13.0. The minimum atomic E-state index is -0.308. The summed E-state index contributed by atoms with van der Waals surface area (Å²) in [6, 6.07) is 12.0. The molecule has 4 rings (SSSR count). The van der Waals surface area contributed by atoms with Crippen LogP contribution in [-0.2, 0) is 13.7 Å². The molecule has 0 N–H and O–H groups in total. The van der Waals surface area contributed by atoms with Crippen LogP contribution in [-0.4, -0.2) is 9.78 Å². The van der Waals surface area contributed by atoms with E-state index in [1.807, 2.05) is 19.3 Å². The molecule has 2 aromatic carbocycles. The van der Waals surface area contributed by atoms with Crippen LogP contribution < -0.4 is 10.2 Å². The van der Waals surface area contributed by atoms with Crippen molar-refractivity contribution in [3.63, 3.8) is 0 Å². The molecule has 0 bridgehead atoms. The van der Waals surface area contributed by atoms with Crippen LogP contribution in [0.4, 0.5) is 0 Å². The predicted molar refractivity (Wildman–Crippen MR) is 105 cm³/mol. The Morgan fingerprint density at radius 3 is 2.74 bits per heavy atom. The molecule has 0 amide bonds. The van der Waals surface area contributed by atoms with Crippen molar-refractivity contribution in [3.8, 4) is 17.1 Å². The second-order valence-electron chi connectivity index (χ2n) is 6.02. The van der Waals surface area contributed by atoms with E-state index in [-0.39, 0.29) is 23.5 Å². The van der Waals surface area contributed by atoms with E-state index in [9.17, 15) is 4.79 Å². The minimum Gasteiger partial charge on any atom is -0.481 e. The lowest BCUT2D eigenvalue weighted by Gasteiger charge is -2.12. The van der Waals surface area contributed by atoms with E-state index in [2.05, 4.69) is 5.10 Å². The molecule has 27 heavy (non-hydrogen) atoms. The van der Waals surface area contributed by atoms with E-state index in [0.717, 1.165) is 5.56 Å². The summed E-state index contributed by atoms with van der Waals surface area (Å²) in [6.07, 6.45) is 3.49. The molecule has 2 aromatic heterocycles. The number of rotatable bonds is 4. The highest BCUT2D eigenvalue weighted by atomic mass is 35.5. The molecule has 0 spiro atoms. The third kappa shape index (κ3) is 3.44. The zero-order valence-corrected chi connectivity index (χ0v) is 15.8. The summed E-state index contributed by atoms with van der Waals surface area (Å²) in [5, 5.41) is 5.35. The third-order valence-corrected chi connectivity index (χ3v) is 4.64. The van der Waals surface area contributed by atoms with Gasteiger partial charge in [-0.3, -0.25) is 9.48 Å². The minimum absolute atomic E-state index is 0.0849. The van der Waals surface area contributed by atoms with E-state index < -0.39 is 0 Å². The molecule has 136 valence electrons. The van der Waals surface area contributed by atoms with Crippen molar-refractivity contribution in [1.29, 1.82) is 0 Å². The van der Waals surface area contributed by atoms with Gasteiger partial charge in [-0.25, -0.2) is 0 Å². The molecule has 0 saturated carbocycles. The van der Waals surface area contributed by atoms with Crippen molar-refractivity contribution < 1.29 is 9.15 Å². The molecule has 0 aliphatic heterocycles. The monoisotopic (exact) mass is 400 g/mol. The van der Waals surface area contributed by atoms with Gasteiger partial charge in [0.1, 0.15) is 12.2 Å². The molecule has 4 aromatic rings. The lowest BCUT2D eigenvalue weighted by atomic mass is 10.1. The number of nitrogens with zero attached hydrogens (tertiary/aromatic N) is 2. The molecule has 5 nitrogen and oxygen atoms in total. The lowest BCUT2D eigenvalue weighted by Crippen LogP contribution is -2.10. The highest BCUT2D eigenvalue weighted by Crippen LogP contribution is 2.35. The number of halogens is 2. The van der Waals surface area contributed by atoms with Crippen LogP contribution in [0.1, 0.15) is 5.56 Å². The number of aryl methyl sites for hydroxylation is 1. The largest absolute Gasteiger partial charge is 0.481 e. The van der Waals surface area contributed by atoms with Crippen molar-refractivity contribution >= 4 is 34.2 Å². The molecule has 0 atom stereocenters. The Kier molecular flexibility index (Phi) is 4.64. The van der Waals surface area contributed by atoms with Crippen LogP contribution in [0.5, 0.6) is 5.75 Å². The molecule has 0 unspecified atom stereocenters. The number of hydrogen-bond acceptors (Lipinski definition) is 4. The Morgan fingerprint density at radius 1 is 1.19 bits per heavy atom. The maximum absolute atomic E-state index is 13.1. The zero-order valence-electron chi connectivity index (χ0n) is 14.3. The third-order valence-electron chi connectivity index (χ3n) is 4.07. The first-order valence-corrected chi connectivity index (χ1v) is 8.90. The first-order valence-electron chi connectivity index (χ1n) is 8.14. The SMILES string of the molecule is Cn1cc(COc2c(-c3ccccc3Cl)oc3ccc(Cl)cc3c2=O)cn1. The molecule has 0 fully saturated rings. The number of hydrogen-bond donors (Lipinski definition) is 0. The fourth-order valence-corrected chi connectivity index (χ4v) is 3.20. The number of benzene rings is 2. The van der Waals surface area contributed by atoms with E-state index in [4.69, 9.17) is 32.4 Å². The Bertz CT molecular complexity index is 1200. The second kappa shape index (κ2) is 7.10. The molecule has 0 saturated heterocycles. The van der Waals surface area contributed by atoms with Gasteiger partial charge in [0, 0.05) is 29.4 Å². The smallest absolute Gasteiger partial charge is 0.235 e. The van der Waals surface area contributed by atoms with Gasteiger partial charge in [0.2, 0.25) is 11.2 Å². The normalized spacial score (nSPS) is 11.1. The van der Waals surface area contributed by atoms with Crippen LogP contribution in [0.25, 0.3) is 22.3 Å². The van der Waals surface area contributed by atoms with Gasteiger partial charge in [0.15, 0.2) is 5.76 Å². The van der Waals surface area contributed by atoms with Gasteiger partial charge in [-0.2, -0.15) is 5.10 Å². The van der Waals surface area contributed by atoms with Crippen LogP contribution in [0.15, 0.2) is 64.1 Å². The summed E-state index contributed by atoms with van der Waals surface area (Å²) in [4.78, 5) is 13.1. The molecule has 2 heterocycles. The number of aromatic nitrogens is 2. The second-order valence-corrected chi connectivity index (χ2v) is 6.86. The molecule has 7 heteroatoms. The van der Waals surface area contributed by atoms with Gasteiger partial charge < -0.3 is 9.15 Å². The van der Waals surface area contributed by atoms with Crippen LogP contribution >= 0.6 is 23.2 Å². The first kappa shape index (κ1) is 17.6. The Hall–Kier alpha value is -2.76. The maximum atomic E-state index is 13.1. The highest BCUT2D eigenvalue weighted by Gasteiger charge is 2.20. The molecular formula is C20H14Cl2N2O3. The van der Waals surface area contributed by atoms with Crippen molar-refractivity contribution in [2.45, 2.75) is 6.61 Å². The van der Waals surface area contributed by atoms with Gasteiger partial charge in [-0.15, -0.1) is 0 Å². The summed E-state index contributed by atoms with van der Waals surface area (Å²) in [7, 11) is 1.81. The van der Waals surface area contributed by atoms with Crippen LogP contribution in [0, 0.1) is 0 Å². The molecular weight excluding hydrogens is 387 g/mol. The Labute approximate surface area is 164 Å². The number of ether oxygens (including phenoxy) is 1. The standard InChI is InChI=1S/C20H14Cl2N2O3/c1-24-10-12(9-23-24)11-26-20-18(25)15-8-13(21)6-7-17(15)27-19(20)14-4-2-3-5-16(14)22/h2-10H,11H2,1H3. The van der Waals surface area contributed by atoms with Crippen molar-refractivity contribution in [1.82, 2.24) is 9.78 Å². The van der Waals surface area contributed by atoms with Gasteiger partial charge in [-0.1, -0.05) is 35.3 Å². The number of fused-ring (bicyclic) bond motifs is 1.